The third-order valence-electron chi connectivity index (χ3n) is 2.43. The summed E-state index contributed by atoms with van der Waals surface area (Å²) in [6.07, 6.45) is 0. The van der Waals surface area contributed by atoms with Crippen LogP contribution in [0.2, 0.25) is 5.02 Å². The van der Waals surface area contributed by atoms with Crippen molar-refractivity contribution in [3.63, 3.8) is 0 Å². The number of benzene rings is 2. The molecule has 98 valence electrons. The number of carbonyl (C=O) groups excluding carboxylic acids is 1. The van der Waals surface area contributed by atoms with E-state index in [1.54, 1.807) is 24.3 Å². The lowest BCUT2D eigenvalue weighted by Crippen LogP contribution is -2.21. The van der Waals surface area contributed by atoms with Crippen LogP contribution in [0.1, 0.15) is 0 Å². The van der Waals surface area contributed by atoms with Gasteiger partial charge in [-0.3, -0.25) is 4.79 Å². The SMILES string of the molecule is O=C(CNc1ccc(I)cc1)Nc1ccc(Cl)cc1. The van der Waals surface area contributed by atoms with Crippen molar-refractivity contribution in [3.05, 3.63) is 57.1 Å². The number of amides is 1. The quantitative estimate of drug-likeness (QED) is 0.780. The van der Waals surface area contributed by atoms with Crippen molar-refractivity contribution in [1.82, 2.24) is 0 Å². The van der Waals surface area contributed by atoms with Crippen LogP contribution in [-0.4, -0.2) is 12.5 Å². The van der Waals surface area contributed by atoms with Crippen LogP contribution < -0.4 is 10.6 Å². The fourth-order valence-corrected chi connectivity index (χ4v) is 1.97. The highest BCUT2D eigenvalue weighted by molar-refractivity contribution is 14.1. The van der Waals surface area contributed by atoms with Crippen molar-refractivity contribution in [2.75, 3.05) is 17.2 Å². The Morgan fingerprint density at radius 2 is 1.58 bits per heavy atom. The van der Waals surface area contributed by atoms with Crippen molar-refractivity contribution in [2.45, 2.75) is 0 Å². The summed E-state index contributed by atoms with van der Waals surface area (Å²) in [5.41, 5.74) is 1.66. The summed E-state index contributed by atoms with van der Waals surface area (Å²) in [5.74, 6) is -0.0964. The van der Waals surface area contributed by atoms with Gasteiger partial charge in [-0.25, -0.2) is 0 Å². The lowest BCUT2D eigenvalue weighted by Gasteiger charge is -2.08. The van der Waals surface area contributed by atoms with E-state index in [1.165, 1.54) is 0 Å². The smallest absolute Gasteiger partial charge is 0.243 e. The highest BCUT2D eigenvalue weighted by Crippen LogP contribution is 2.14. The maximum absolute atomic E-state index is 11.7. The standard InChI is InChI=1S/C14H12ClIN2O/c15-10-1-5-13(6-2-10)18-14(19)9-17-12-7-3-11(16)4-8-12/h1-8,17H,9H2,(H,18,19). The van der Waals surface area contributed by atoms with Gasteiger partial charge in [0.25, 0.3) is 0 Å². The number of halogens is 2. The number of anilines is 2. The van der Waals surface area contributed by atoms with Crippen molar-refractivity contribution < 1.29 is 4.79 Å². The van der Waals surface area contributed by atoms with Crippen LogP contribution >= 0.6 is 34.2 Å². The Balaban J connectivity index is 1.84. The van der Waals surface area contributed by atoms with Gasteiger partial charge in [-0.15, -0.1) is 0 Å². The van der Waals surface area contributed by atoms with Gasteiger partial charge in [0.15, 0.2) is 0 Å². The number of nitrogens with one attached hydrogen (secondary N) is 2. The third-order valence-corrected chi connectivity index (χ3v) is 3.40. The molecule has 0 heterocycles. The van der Waals surface area contributed by atoms with E-state index in [0.717, 1.165) is 14.9 Å². The van der Waals surface area contributed by atoms with E-state index >= 15 is 0 Å². The summed E-state index contributed by atoms with van der Waals surface area (Å²) in [7, 11) is 0. The molecule has 0 aliphatic rings. The molecule has 0 spiro atoms. The summed E-state index contributed by atoms with van der Waals surface area (Å²) >= 11 is 8.01. The molecule has 0 fully saturated rings. The molecule has 3 nitrogen and oxygen atoms in total. The molecule has 0 saturated heterocycles. The van der Waals surface area contributed by atoms with Crippen molar-refractivity contribution in [3.8, 4) is 0 Å². The molecule has 19 heavy (non-hydrogen) atoms. The number of hydrogen-bond donors (Lipinski definition) is 2. The van der Waals surface area contributed by atoms with Gasteiger partial charge in [-0.1, -0.05) is 11.6 Å². The zero-order valence-electron chi connectivity index (χ0n) is 9.99. The summed E-state index contributed by atoms with van der Waals surface area (Å²) in [5, 5.41) is 6.50. The Hall–Kier alpha value is -1.27. The molecule has 2 aromatic rings. The first-order valence-corrected chi connectivity index (χ1v) is 7.14. The number of hydrogen-bond acceptors (Lipinski definition) is 2. The first-order chi connectivity index (χ1) is 9.13. The fourth-order valence-electron chi connectivity index (χ4n) is 1.49. The highest BCUT2D eigenvalue weighted by atomic mass is 127. The normalized spacial score (nSPS) is 10.0. The lowest BCUT2D eigenvalue weighted by molar-refractivity contribution is -0.114. The average molecular weight is 387 g/mol. The second-order valence-corrected chi connectivity index (χ2v) is 5.60. The van der Waals surface area contributed by atoms with Crippen molar-refractivity contribution >= 4 is 51.5 Å². The third kappa shape index (κ3) is 4.72. The molecule has 2 aromatic carbocycles. The summed E-state index contributed by atoms with van der Waals surface area (Å²) in [6, 6.07) is 14.9. The van der Waals surface area contributed by atoms with Crippen LogP contribution in [0.4, 0.5) is 11.4 Å². The van der Waals surface area contributed by atoms with E-state index in [4.69, 9.17) is 11.6 Å². The predicted molar refractivity (Wildman–Crippen MR) is 87.7 cm³/mol. The Labute approximate surface area is 130 Å². The van der Waals surface area contributed by atoms with Gasteiger partial charge < -0.3 is 10.6 Å². The molecule has 0 aliphatic carbocycles. The molecule has 1 amide bonds. The zero-order valence-corrected chi connectivity index (χ0v) is 12.9. The van der Waals surface area contributed by atoms with E-state index in [0.29, 0.717) is 5.02 Å². The lowest BCUT2D eigenvalue weighted by atomic mass is 10.3. The van der Waals surface area contributed by atoms with Crippen LogP contribution in [0, 0.1) is 3.57 Å². The van der Waals surface area contributed by atoms with Gasteiger partial charge in [0.1, 0.15) is 0 Å². The maximum atomic E-state index is 11.7. The largest absolute Gasteiger partial charge is 0.376 e. The highest BCUT2D eigenvalue weighted by Gasteiger charge is 2.02. The first-order valence-electron chi connectivity index (χ1n) is 5.68. The summed E-state index contributed by atoms with van der Waals surface area (Å²) in [6.45, 7) is 0.225. The molecule has 0 radical (unpaired) electrons. The zero-order chi connectivity index (χ0) is 13.7. The van der Waals surface area contributed by atoms with E-state index in [9.17, 15) is 4.79 Å². The van der Waals surface area contributed by atoms with Gasteiger partial charge in [0.05, 0.1) is 6.54 Å². The molecular formula is C14H12ClIN2O. The number of rotatable bonds is 4. The Morgan fingerprint density at radius 3 is 2.21 bits per heavy atom. The van der Waals surface area contributed by atoms with E-state index in [1.807, 2.05) is 24.3 Å². The van der Waals surface area contributed by atoms with E-state index < -0.39 is 0 Å². The monoisotopic (exact) mass is 386 g/mol. The average Bonchev–Trinajstić information content (AvgIpc) is 2.41. The molecule has 0 atom stereocenters. The molecule has 0 bridgehead atoms. The van der Waals surface area contributed by atoms with Crippen molar-refractivity contribution in [1.29, 1.82) is 0 Å². The topological polar surface area (TPSA) is 41.1 Å². The second-order valence-electron chi connectivity index (χ2n) is 3.92. The minimum Gasteiger partial charge on any atom is -0.376 e. The Morgan fingerprint density at radius 1 is 1.00 bits per heavy atom. The fraction of sp³-hybridized carbons (Fsp3) is 0.0714. The summed E-state index contributed by atoms with van der Waals surface area (Å²) < 4.78 is 1.16. The Bertz CT molecular complexity index is 555. The first kappa shape index (κ1) is 14.1. The predicted octanol–water partition coefficient (Wildman–Crippen LogP) is 4.00. The summed E-state index contributed by atoms with van der Waals surface area (Å²) in [4.78, 5) is 11.7. The molecule has 2 N–H and O–H groups in total. The maximum Gasteiger partial charge on any atom is 0.243 e. The van der Waals surface area contributed by atoms with E-state index in [2.05, 4.69) is 33.2 Å². The van der Waals surface area contributed by atoms with Crippen LogP contribution in [0.15, 0.2) is 48.5 Å². The molecule has 2 rings (SSSR count). The van der Waals surface area contributed by atoms with Crippen LogP contribution in [0.5, 0.6) is 0 Å². The number of carbonyl (C=O) groups is 1. The van der Waals surface area contributed by atoms with E-state index in [-0.39, 0.29) is 12.5 Å². The molecule has 5 heteroatoms. The van der Waals surface area contributed by atoms with Crippen LogP contribution in [-0.2, 0) is 4.79 Å². The Kier molecular flexibility index (Phi) is 5.04. The van der Waals surface area contributed by atoms with Gasteiger partial charge in [-0.05, 0) is 71.1 Å². The van der Waals surface area contributed by atoms with Gasteiger partial charge >= 0.3 is 0 Å². The molecule has 0 aliphatic heterocycles. The molecule has 0 unspecified atom stereocenters. The van der Waals surface area contributed by atoms with Gasteiger partial charge in [0, 0.05) is 20.0 Å². The second kappa shape index (κ2) is 6.77. The van der Waals surface area contributed by atoms with Gasteiger partial charge in [0.2, 0.25) is 5.91 Å². The molecule has 0 saturated carbocycles. The van der Waals surface area contributed by atoms with Gasteiger partial charge in [-0.2, -0.15) is 0 Å². The van der Waals surface area contributed by atoms with Crippen molar-refractivity contribution in [2.24, 2.45) is 0 Å². The minimum absolute atomic E-state index is 0.0964. The van der Waals surface area contributed by atoms with Crippen LogP contribution in [0.3, 0.4) is 0 Å². The molecule has 0 aromatic heterocycles. The van der Waals surface area contributed by atoms with Crippen LogP contribution in [0.25, 0.3) is 0 Å². The minimum atomic E-state index is -0.0964. The molecular weight excluding hydrogens is 375 g/mol.